The van der Waals surface area contributed by atoms with Crippen LogP contribution in [0.15, 0.2) is 49.1 Å². The number of aryl methyl sites for hydroxylation is 2. The number of hydrogen-bond donors (Lipinski definition) is 0. The van der Waals surface area contributed by atoms with Crippen molar-refractivity contribution in [3.63, 3.8) is 0 Å². The highest BCUT2D eigenvalue weighted by molar-refractivity contribution is 5.07. The Labute approximate surface area is 156 Å². The van der Waals surface area contributed by atoms with E-state index in [2.05, 4.69) is 67.7 Å². The van der Waals surface area contributed by atoms with Gasteiger partial charge in [-0.05, 0) is 70.1 Å². The minimum atomic E-state index is 1.08. The van der Waals surface area contributed by atoms with Crippen molar-refractivity contribution in [3.05, 3.63) is 54.6 Å². The van der Waals surface area contributed by atoms with E-state index in [1.165, 1.54) is 44.3 Å². The number of hydrogen-bond acceptors (Lipinski definition) is 2. The highest BCUT2D eigenvalue weighted by Crippen LogP contribution is 1.96. The second-order valence-corrected chi connectivity index (χ2v) is 6.24. The SMILES string of the molecule is CCCCCN(C)CCC.CCc1cccnc1.CCn1cccc1. The monoisotopic (exact) mass is 345 g/mol. The smallest absolute Gasteiger partial charge is 0.0299 e. The summed E-state index contributed by atoms with van der Waals surface area (Å²) >= 11 is 0. The number of aromatic nitrogens is 2. The largest absolute Gasteiger partial charge is 0.355 e. The lowest BCUT2D eigenvalue weighted by atomic mass is 10.2. The zero-order valence-corrected chi connectivity index (χ0v) is 17.1. The summed E-state index contributed by atoms with van der Waals surface area (Å²) in [6.45, 7) is 12.3. The summed E-state index contributed by atoms with van der Waals surface area (Å²) in [4.78, 5) is 6.37. The van der Waals surface area contributed by atoms with Gasteiger partial charge in [-0.1, -0.05) is 39.7 Å². The van der Waals surface area contributed by atoms with Crippen molar-refractivity contribution in [2.75, 3.05) is 20.1 Å². The van der Waals surface area contributed by atoms with Crippen LogP contribution in [0.2, 0.25) is 0 Å². The Kier molecular flexibility index (Phi) is 16.1. The zero-order chi connectivity index (χ0) is 18.8. The van der Waals surface area contributed by atoms with Gasteiger partial charge in [-0.15, -0.1) is 0 Å². The Bertz CT molecular complexity index is 465. The van der Waals surface area contributed by atoms with Gasteiger partial charge >= 0.3 is 0 Å². The summed E-state index contributed by atoms with van der Waals surface area (Å²) in [5, 5.41) is 0. The Morgan fingerprint density at radius 1 is 0.920 bits per heavy atom. The van der Waals surface area contributed by atoms with Gasteiger partial charge in [-0.2, -0.15) is 0 Å². The molecule has 0 atom stereocenters. The highest BCUT2D eigenvalue weighted by Gasteiger charge is 1.93. The lowest BCUT2D eigenvalue weighted by Gasteiger charge is -2.14. The standard InChI is InChI=1S/C9H21N.C7H9N.C6H9N/c1-4-6-7-9-10(3)8-5-2;1-2-7-4-3-5-8-6-7;1-2-7-5-3-4-6-7/h4-9H2,1-3H3;3-6H,2H2,1H3;3-6H,2H2,1H3. The lowest BCUT2D eigenvalue weighted by molar-refractivity contribution is 0.326. The molecular weight excluding hydrogens is 306 g/mol. The van der Waals surface area contributed by atoms with E-state index >= 15 is 0 Å². The normalized spacial score (nSPS) is 9.84. The molecule has 2 aromatic heterocycles. The van der Waals surface area contributed by atoms with E-state index in [1.807, 2.05) is 24.4 Å². The minimum Gasteiger partial charge on any atom is -0.355 e. The molecule has 0 fully saturated rings. The van der Waals surface area contributed by atoms with Crippen molar-refractivity contribution in [2.24, 2.45) is 0 Å². The fraction of sp³-hybridized carbons (Fsp3) is 0.591. The number of unbranched alkanes of at least 4 members (excludes halogenated alkanes) is 2. The second kappa shape index (κ2) is 17.2. The summed E-state index contributed by atoms with van der Waals surface area (Å²) in [5.41, 5.74) is 1.30. The van der Waals surface area contributed by atoms with E-state index in [9.17, 15) is 0 Å². The molecule has 0 saturated heterocycles. The van der Waals surface area contributed by atoms with Gasteiger partial charge in [0.15, 0.2) is 0 Å². The van der Waals surface area contributed by atoms with Crippen molar-refractivity contribution < 1.29 is 0 Å². The Morgan fingerprint density at radius 3 is 2.04 bits per heavy atom. The van der Waals surface area contributed by atoms with E-state index in [0.29, 0.717) is 0 Å². The average molecular weight is 346 g/mol. The molecule has 0 unspecified atom stereocenters. The maximum absolute atomic E-state index is 3.96. The quantitative estimate of drug-likeness (QED) is 0.575. The predicted molar refractivity (Wildman–Crippen MR) is 111 cm³/mol. The third kappa shape index (κ3) is 14.4. The molecule has 142 valence electrons. The fourth-order valence-corrected chi connectivity index (χ4v) is 2.31. The molecule has 2 aromatic rings. The molecule has 0 aliphatic heterocycles. The summed E-state index contributed by atoms with van der Waals surface area (Å²) < 4.78 is 2.12. The molecule has 0 spiro atoms. The van der Waals surface area contributed by atoms with Gasteiger partial charge in [-0.25, -0.2) is 0 Å². The molecule has 0 aliphatic rings. The van der Waals surface area contributed by atoms with E-state index < -0.39 is 0 Å². The lowest BCUT2D eigenvalue weighted by Crippen LogP contribution is -2.20. The van der Waals surface area contributed by atoms with Crippen LogP contribution in [-0.4, -0.2) is 34.6 Å². The van der Waals surface area contributed by atoms with Crippen LogP contribution in [0.3, 0.4) is 0 Å². The number of rotatable bonds is 8. The van der Waals surface area contributed by atoms with E-state index in [1.54, 1.807) is 6.20 Å². The first kappa shape index (κ1) is 23.4. The zero-order valence-electron chi connectivity index (χ0n) is 17.1. The van der Waals surface area contributed by atoms with Crippen LogP contribution in [-0.2, 0) is 13.0 Å². The van der Waals surface area contributed by atoms with Crippen LogP contribution in [0.5, 0.6) is 0 Å². The van der Waals surface area contributed by atoms with Crippen LogP contribution in [0, 0.1) is 0 Å². The second-order valence-electron chi connectivity index (χ2n) is 6.24. The number of pyridine rings is 1. The van der Waals surface area contributed by atoms with Gasteiger partial charge < -0.3 is 9.47 Å². The van der Waals surface area contributed by atoms with Crippen LogP contribution in [0.1, 0.15) is 58.9 Å². The molecule has 0 radical (unpaired) electrons. The van der Waals surface area contributed by atoms with Crippen LogP contribution >= 0.6 is 0 Å². The molecule has 0 N–H and O–H groups in total. The van der Waals surface area contributed by atoms with Gasteiger partial charge in [0.2, 0.25) is 0 Å². The first-order valence-corrected chi connectivity index (χ1v) is 9.85. The summed E-state index contributed by atoms with van der Waals surface area (Å²) in [5.74, 6) is 0. The van der Waals surface area contributed by atoms with Gasteiger partial charge in [0.1, 0.15) is 0 Å². The van der Waals surface area contributed by atoms with Gasteiger partial charge in [0, 0.05) is 31.3 Å². The Balaban J connectivity index is 0.000000350. The van der Waals surface area contributed by atoms with Crippen molar-refractivity contribution in [1.29, 1.82) is 0 Å². The van der Waals surface area contributed by atoms with Crippen LogP contribution < -0.4 is 0 Å². The minimum absolute atomic E-state index is 1.08. The maximum Gasteiger partial charge on any atom is 0.0299 e. The van der Waals surface area contributed by atoms with Crippen molar-refractivity contribution >= 4 is 0 Å². The first-order chi connectivity index (χ1) is 12.2. The molecule has 2 rings (SSSR count). The van der Waals surface area contributed by atoms with Gasteiger partial charge in [0.05, 0.1) is 0 Å². The third-order valence-electron chi connectivity index (χ3n) is 3.91. The molecule has 3 nitrogen and oxygen atoms in total. The van der Waals surface area contributed by atoms with E-state index in [-0.39, 0.29) is 0 Å². The van der Waals surface area contributed by atoms with Crippen molar-refractivity contribution in [3.8, 4) is 0 Å². The van der Waals surface area contributed by atoms with Crippen LogP contribution in [0.25, 0.3) is 0 Å². The molecule has 0 saturated carbocycles. The Morgan fingerprint density at radius 2 is 1.64 bits per heavy atom. The molecule has 0 aliphatic carbocycles. The van der Waals surface area contributed by atoms with Gasteiger partial charge in [-0.3, -0.25) is 4.98 Å². The molecule has 0 bridgehead atoms. The Hall–Kier alpha value is -1.61. The third-order valence-corrected chi connectivity index (χ3v) is 3.91. The fourth-order valence-electron chi connectivity index (χ4n) is 2.31. The predicted octanol–water partition coefficient (Wildman–Crippen LogP) is 5.67. The molecule has 3 heteroatoms. The highest BCUT2D eigenvalue weighted by atomic mass is 15.1. The average Bonchev–Trinajstić information content (AvgIpc) is 3.18. The van der Waals surface area contributed by atoms with E-state index in [0.717, 1.165) is 13.0 Å². The van der Waals surface area contributed by atoms with E-state index in [4.69, 9.17) is 0 Å². The van der Waals surface area contributed by atoms with Crippen LogP contribution in [0.4, 0.5) is 0 Å². The summed E-state index contributed by atoms with van der Waals surface area (Å²) in [6.07, 6.45) is 14.2. The molecule has 2 heterocycles. The van der Waals surface area contributed by atoms with Crippen molar-refractivity contribution in [1.82, 2.24) is 14.5 Å². The number of nitrogens with zero attached hydrogens (tertiary/aromatic N) is 3. The van der Waals surface area contributed by atoms with Crippen molar-refractivity contribution in [2.45, 2.75) is 66.3 Å². The summed E-state index contributed by atoms with van der Waals surface area (Å²) in [6, 6.07) is 8.10. The molecular formula is C22H39N3. The molecule has 0 aromatic carbocycles. The summed E-state index contributed by atoms with van der Waals surface area (Å²) in [7, 11) is 2.21. The molecule has 25 heavy (non-hydrogen) atoms. The van der Waals surface area contributed by atoms with Gasteiger partial charge in [0.25, 0.3) is 0 Å². The molecule has 0 amide bonds. The first-order valence-electron chi connectivity index (χ1n) is 9.85. The topological polar surface area (TPSA) is 21.1 Å². The maximum atomic E-state index is 3.96.